The molecule has 2 fully saturated rings. The summed E-state index contributed by atoms with van der Waals surface area (Å²) in [7, 11) is 2.12. The van der Waals surface area contributed by atoms with E-state index in [0.717, 1.165) is 38.8 Å². The van der Waals surface area contributed by atoms with E-state index in [9.17, 15) is 9.18 Å². The van der Waals surface area contributed by atoms with Crippen molar-refractivity contribution in [2.75, 3.05) is 32.1 Å². The quantitative estimate of drug-likeness (QED) is 0.415. The molecular weight excluding hydrogens is 461 g/mol. The minimum atomic E-state index is -0.608. The van der Waals surface area contributed by atoms with Crippen LogP contribution in [0.25, 0.3) is 15.7 Å². The number of pyridine rings is 1. The molecule has 1 saturated heterocycles. The Morgan fingerprint density at radius 3 is 2.69 bits per heavy atom. The summed E-state index contributed by atoms with van der Waals surface area (Å²) in [6.07, 6.45) is 5.64. The molecular formula is C27H28FN5O3. The molecule has 0 radical (unpaired) electrons. The van der Waals surface area contributed by atoms with Gasteiger partial charge in [-0.1, -0.05) is 0 Å². The highest BCUT2D eigenvalue weighted by Gasteiger charge is 2.23. The molecule has 0 spiro atoms. The largest absolute Gasteiger partial charge is 0.504 e. The molecule has 2 heterocycles. The van der Waals surface area contributed by atoms with Crippen molar-refractivity contribution in [1.29, 1.82) is 0 Å². The van der Waals surface area contributed by atoms with Gasteiger partial charge >= 0.3 is 6.03 Å². The van der Waals surface area contributed by atoms with Gasteiger partial charge in [0.25, 0.3) is 0 Å². The number of nitrogens with one attached hydrogen (secondary N) is 2. The van der Waals surface area contributed by atoms with E-state index in [1.807, 2.05) is 0 Å². The lowest BCUT2D eigenvalue weighted by Crippen LogP contribution is -2.32. The average molecular weight is 490 g/mol. The molecule has 5 rings (SSSR count). The zero-order chi connectivity index (χ0) is 25.1. The summed E-state index contributed by atoms with van der Waals surface area (Å²) < 4.78 is 26.6. The molecule has 9 heteroatoms. The zero-order valence-electron chi connectivity index (χ0n) is 20.1. The number of aromatic nitrogens is 1. The number of halogens is 1. The van der Waals surface area contributed by atoms with Gasteiger partial charge in [0.1, 0.15) is 23.1 Å². The topological polar surface area (TPSA) is 80.1 Å². The molecule has 36 heavy (non-hydrogen) atoms. The minimum Gasteiger partial charge on any atom is -0.504 e. The molecule has 2 amide bonds. The van der Waals surface area contributed by atoms with E-state index in [4.69, 9.17) is 16.0 Å². The zero-order valence-corrected chi connectivity index (χ0v) is 20.1. The summed E-state index contributed by atoms with van der Waals surface area (Å²) in [6, 6.07) is 9.13. The van der Waals surface area contributed by atoms with Gasteiger partial charge in [-0.2, -0.15) is 0 Å². The summed E-state index contributed by atoms with van der Waals surface area (Å²) in [5.41, 5.74) is 1.07. The summed E-state index contributed by atoms with van der Waals surface area (Å²) in [5.74, 6) is 1.07. The van der Waals surface area contributed by atoms with Gasteiger partial charge in [0.15, 0.2) is 0 Å². The number of benzene rings is 2. The van der Waals surface area contributed by atoms with Crippen LogP contribution < -0.4 is 20.1 Å². The van der Waals surface area contributed by atoms with Crippen LogP contribution in [0.5, 0.6) is 17.2 Å². The van der Waals surface area contributed by atoms with E-state index in [1.54, 1.807) is 30.5 Å². The lowest BCUT2D eigenvalue weighted by Gasteiger charge is -2.28. The van der Waals surface area contributed by atoms with E-state index < -0.39 is 11.8 Å². The lowest BCUT2D eigenvalue weighted by atomic mass is 9.98. The Morgan fingerprint density at radius 1 is 1.17 bits per heavy atom. The molecule has 2 aliphatic rings. The van der Waals surface area contributed by atoms with Gasteiger partial charge in [0.05, 0.1) is 24.4 Å². The van der Waals surface area contributed by atoms with Gasteiger partial charge < -0.3 is 25.0 Å². The maximum atomic E-state index is 14.6. The van der Waals surface area contributed by atoms with Crippen LogP contribution in [-0.2, 0) is 0 Å². The Bertz CT molecular complexity index is 1310. The van der Waals surface area contributed by atoms with Crippen LogP contribution in [0.4, 0.5) is 20.6 Å². The van der Waals surface area contributed by atoms with Crippen molar-refractivity contribution in [3.63, 3.8) is 0 Å². The van der Waals surface area contributed by atoms with Crippen LogP contribution in [0.15, 0.2) is 42.6 Å². The molecule has 0 unspecified atom stereocenters. The molecule has 1 aliphatic carbocycles. The second kappa shape index (κ2) is 10.4. The number of hydrogen-bond donors (Lipinski definition) is 2. The van der Waals surface area contributed by atoms with E-state index in [0.29, 0.717) is 40.6 Å². The van der Waals surface area contributed by atoms with E-state index in [1.165, 1.54) is 12.1 Å². The number of rotatable bonds is 7. The molecule has 186 valence electrons. The summed E-state index contributed by atoms with van der Waals surface area (Å²) in [6.45, 7) is 10.3. The summed E-state index contributed by atoms with van der Waals surface area (Å²) in [4.78, 5) is 22.3. The van der Waals surface area contributed by atoms with Gasteiger partial charge in [-0.05, 0) is 82.1 Å². The Kier molecular flexibility index (Phi) is 6.87. The number of amides is 2. The maximum absolute atomic E-state index is 14.6. The molecule has 2 N–H and O–H groups in total. The minimum absolute atomic E-state index is 0.0711. The summed E-state index contributed by atoms with van der Waals surface area (Å²) >= 11 is 0. The Hall–Kier alpha value is -3.90. The van der Waals surface area contributed by atoms with E-state index in [2.05, 4.69) is 32.4 Å². The predicted octanol–water partition coefficient (Wildman–Crippen LogP) is 5.72. The van der Waals surface area contributed by atoms with Gasteiger partial charge in [-0.15, -0.1) is 0 Å². The maximum Gasteiger partial charge on any atom is 0.319 e. The first-order chi connectivity index (χ1) is 17.5. The first kappa shape index (κ1) is 23.8. The Labute approximate surface area is 209 Å². The van der Waals surface area contributed by atoms with E-state index >= 15 is 0 Å². The third kappa shape index (κ3) is 5.66. The number of piperidine rings is 1. The van der Waals surface area contributed by atoms with Crippen LogP contribution in [0.1, 0.15) is 25.7 Å². The van der Waals surface area contributed by atoms with Crippen LogP contribution >= 0.6 is 0 Å². The fourth-order valence-electron chi connectivity index (χ4n) is 4.22. The molecule has 0 bridgehead atoms. The van der Waals surface area contributed by atoms with Crippen molar-refractivity contribution in [1.82, 2.24) is 15.2 Å². The molecule has 2 aromatic carbocycles. The molecule has 8 nitrogen and oxygen atoms in total. The molecule has 3 aromatic rings. The second-order valence-corrected chi connectivity index (χ2v) is 9.43. The van der Waals surface area contributed by atoms with Crippen molar-refractivity contribution >= 4 is 28.3 Å². The van der Waals surface area contributed by atoms with Crippen molar-refractivity contribution in [2.45, 2.75) is 31.7 Å². The number of urea groups is 1. The highest BCUT2D eigenvalue weighted by atomic mass is 19.1. The van der Waals surface area contributed by atoms with Crippen LogP contribution in [0.2, 0.25) is 0 Å². The highest BCUT2D eigenvalue weighted by Crippen LogP contribution is 2.38. The molecule has 0 atom stereocenters. The van der Waals surface area contributed by atoms with Crippen molar-refractivity contribution < 1.29 is 18.7 Å². The van der Waals surface area contributed by atoms with Crippen molar-refractivity contribution in [3.8, 4) is 17.2 Å². The van der Waals surface area contributed by atoms with Gasteiger partial charge in [-0.25, -0.2) is 14.0 Å². The standard InChI is InChI=1S/C27H28FN5O3/c1-29-24-14-20-23(15-26(24)35-16-17-8-11-33(2)12-9-17)30-10-7-25(20)36-19-5-6-22(21(28)13-19)32-27(34)31-18-3-4-18/h5-7,10,13-15,17-18H,3-4,8-9,11-12,16H2,2H3,(H2,31,32,34). The average Bonchev–Trinajstić information content (AvgIpc) is 3.69. The lowest BCUT2D eigenvalue weighted by molar-refractivity contribution is 0.160. The molecule has 1 saturated carbocycles. The number of nitrogens with zero attached hydrogens (tertiary/aromatic N) is 3. The Balaban J connectivity index is 1.31. The first-order valence-corrected chi connectivity index (χ1v) is 12.1. The van der Waals surface area contributed by atoms with Crippen molar-refractivity contribution in [2.24, 2.45) is 5.92 Å². The number of likely N-dealkylation sites (tertiary alicyclic amines) is 1. The van der Waals surface area contributed by atoms with Gasteiger partial charge in [0.2, 0.25) is 5.69 Å². The van der Waals surface area contributed by atoms with Crippen LogP contribution in [0, 0.1) is 18.3 Å². The normalized spacial score (nSPS) is 16.4. The third-order valence-corrected chi connectivity index (χ3v) is 6.54. The number of hydrogen-bond acceptors (Lipinski definition) is 5. The van der Waals surface area contributed by atoms with Gasteiger partial charge in [0, 0.05) is 23.7 Å². The number of ether oxygens (including phenoxy) is 2. The first-order valence-electron chi connectivity index (χ1n) is 12.1. The summed E-state index contributed by atoms with van der Waals surface area (Å²) in [5, 5.41) is 5.91. The predicted molar refractivity (Wildman–Crippen MR) is 135 cm³/mol. The third-order valence-electron chi connectivity index (χ3n) is 6.54. The number of anilines is 1. The fourth-order valence-corrected chi connectivity index (χ4v) is 4.22. The SMILES string of the molecule is [C-]#[N+]c1cc2c(Oc3ccc(NC(=O)NC4CC4)c(F)c3)ccnc2cc1OCC1CCN(C)CC1. The number of carbonyl (C=O) groups is 1. The fraction of sp³-hybridized carbons (Fsp3) is 0.370. The second-order valence-electron chi connectivity index (χ2n) is 9.43. The highest BCUT2D eigenvalue weighted by molar-refractivity contribution is 5.91. The Morgan fingerprint density at radius 2 is 1.97 bits per heavy atom. The monoisotopic (exact) mass is 489 g/mol. The van der Waals surface area contributed by atoms with Crippen LogP contribution in [0.3, 0.4) is 0 Å². The smallest absolute Gasteiger partial charge is 0.319 e. The van der Waals surface area contributed by atoms with Crippen LogP contribution in [-0.4, -0.2) is 48.7 Å². The number of fused-ring (bicyclic) bond motifs is 1. The molecule has 1 aliphatic heterocycles. The van der Waals surface area contributed by atoms with Crippen molar-refractivity contribution in [3.05, 3.63) is 59.8 Å². The molecule has 1 aromatic heterocycles. The van der Waals surface area contributed by atoms with Gasteiger partial charge in [-0.3, -0.25) is 4.98 Å². The van der Waals surface area contributed by atoms with E-state index in [-0.39, 0.29) is 17.5 Å². The number of carbonyl (C=O) groups excluding carboxylic acids is 1.